The van der Waals surface area contributed by atoms with Crippen LogP contribution >= 0.6 is 0 Å². The van der Waals surface area contributed by atoms with Gasteiger partial charge in [-0.2, -0.15) is 0 Å². The molecule has 4 fully saturated rings. The molecule has 4 saturated carbocycles. The lowest BCUT2D eigenvalue weighted by molar-refractivity contribution is -0.0535. The number of rotatable bonds is 4. The van der Waals surface area contributed by atoms with Crippen molar-refractivity contribution in [3.8, 4) is 0 Å². The second kappa shape index (κ2) is 4.30. The first-order valence-corrected chi connectivity index (χ1v) is 7.10. The van der Waals surface area contributed by atoms with Crippen molar-refractivity contribution in [2.24, 2.45) is 29.6 Å². The molecular weight excluding hydrogens is 198 g/mol. The van der Waals surface area contributed by atoms with Crippen molar-refractivity contribution in [1.82, 2.24) is 5.32 Å². The Morgan fingerprint density at radius 2 is 1.62 bits per heavy atom. The standard InChI is InChI=1S/C14H25NO/c1-15-13(2-3-16)14-11-5-9-4-10(7-11)8-12(14)6-9/h9-16H,2-8H2,1H3. The molecule has 1 atom stereocenters. The Balaban J connectivity index is 1.75. The molecular formula is C14H25NO. The van der Waals surface area contributed by atoms with Gasteiger partial charge in [0.25, 0.3) is 0 Å². The third-order valence-electron chi connectivity index (χ3n) is 5.58. The van der Waals surface area contributed by atoms with Crippen LogP contribution in [0.5, 0.6) is 0 Å². The maximum Gasteiger partial charge on any atom is 0.0445 e. The van der Waals surface area contributed by atoms with Crippen LogP contribution < -0.4 is 5.32 Å². The summed E-state index contributed by atoms with van der Waals surface area (Å²) >= 11 is 0. The van der Waals surface area contributed by atoms with Gasteiger partial charge in [0.2, 0.25) is 0 Å². The first-order chi connectivity index (χ1) is 7.81. The summed E-state index contributed by atoms with van der Waals surface area (Å²) in [6.45, 7) is 0.342. The Morgan fingerprint density at radius 1 is 1.06 bits per heavy atom. The lowest BCUT2D eigenvalue weighted by atomic mass is 9.50. The fraction of sp³-hybridized carbons (Fsp3) is 1.00. The Hall–Kier alpha value is -0.0800. The third-order valence-corrected chi connectivity index (χ3v) is 5.58. The van der Waals surface area contributed by atoms with E-state index < -0.39 is 0 Å². The van der Waals surface area contributed by atoms with Crippen LogP contribution in [0.25, 0.3) is 0 Å². The van der Waals surface area contributed by atoms with Gasteiger partial charge in [-0.25, -0.2) is 0 Å². The molecule has 4 bridgehead atoms. The predicted molar refractivity (Wildman–Crippen MR) is 65.1 cm³/mol. The minimum Gasteiger partial charge on any atom is -0.396 e. The molecule has 1 unspecified atom stereocenters. The van der Waals surface area contributed by atoms with Gasteiger partial charge >= 0.3 is 0 Å². The van der Waals surface area contributed by atoms with E-state index in [1.54, 1.807) is 0 Å². The van der Waals surface area contributed by atoms with Crippen molar-refractivity contribution in [1.29, 1.82) is 0 Å². The molecule has 0 aromatic heterocycles. The second-order valence-corrected chi connectivity index (χ2v) is 6.42. The molecule has 2 heteroatoms. The topological polar surface area (TPSA) is 32.3 Å². The minimum absolute atomic E-state index is 0.342. The molecule has 2 N–H and O–H groups in total. The van der Waals surface area contributed by atoms with E-state index >= 15 is 0 Å². The summed E-state index contributed by atoms with van der Waals surface area (Å²) in [4.78, 5) is 0. The van der Waals surface area contributed by atoms with E-state index in [2.05, 4.69) is 12.4 Å². The highest BCUT2D eigenvalue weighted by atomic mass is 16.3. The van der Waals surface area contributed by atoms with E-state index in [0.717, 1.165) is 36.0 Å². The van der Waals surface area contributed by atoms with Crippen molar-refractivity contribution < 1.29 is 5.11 Å². The quantitative estimate of drug-likeness (QED) is 0.764. The summed E-state index contributed by atoms with van der Waals surface area (Å²) in [5.74, 6) is 4.93. The summed E-state index contributed by atoms with van der Waals surface area (Å²) in [5, 5.41) is 12.7. The van der Waals surface area contributed by atoms with Crippen molar-refractivity contribution in [2.75, 3.05) is 13.7 Å². The molecule has 0 aromatic carbocycles. The maximum absolute atomic E-state index is 9.18. The fourth-order valence-electron chi connectivity index (χ4n) is 5.29. The third kappa shape index (κ3) is 1.70. The summed E-state index contributed by atoms with van der Waals surface area (Å²) in [6.07, 6.45) is 8.43. The van der Waals surface area contributed by atoms with E-state index in [9.17, 15) is 5.11 Å². The van der Waals surface area contributed by atoms with Gasteiger partial charge in [0.05, 0.1) is 0 Å². The zero-order chi connectivity index (χ0) is 11.1. The average molecular weight is 223 g/mol. The number of aliphatic hydroxyl groups is 1. The zero-order valence-corrected chi connectivity index (χ0v) is 10.4. The predicted octanol–water partition coefficient (Wildman–Crippen LogP) is 2.03. The van der Waals surface area contributed by atoms with Gasteiger partial charge in [0.1, 0.15) is 0 Å². The maximum atomic E-state index is 9.18. The van der Waals surface area contributed by atoms with Crippen LogP contribution in [-0.4, -0.2) is 24.8 Å². The molecule has 0 aromatic rings. The smallest absolute Gasteiger partial charge is 0.0445 e. The molecule has 0 aliphatic heterocycles. The van der Waals surface area contributed by atoms with E-state index in [1.165, 1.54) is 32.1 Å². The molecule has 4 aliphatic carbocycles. The van der Waals surface area contributed by atoms with Crippen LogP contribution in [0.3, 0.4) is 0 Å². The average Bonchev–Trinajstić information content (AvgIpc) is 2.26. The van der Waals surface area contributed by atoms with Crippen LogP contribution in [0.2, 0.25) is 0 Å². The first-order valence-electron chi connectivity index (χ1n) is 7.10. The number of hydrogen-bond acceptors (Lipinski definition) is 2. The van der Waals surface area contributed by atoms with Crippen LogP contribution in [0.15, 0.2) is 0 Å². The van der Waals surface area contributed by atoms with E-state index in [4.69, 9.17) is 0 Å². The van der Waals surface area contributed by atoms with Gasteiger partial charge in [-0.05, 0) is 75.2 Å². The summed E-state index contributed by atoms with van der Waals surface area (Å²) in [7, 11) is 2.07. The fourth-order valence-corrected chi connectivity index (χ4v) is 5.29. The summed E-state index contributed by atoms with van der Waals surface area (Å²) in [5.41, 5.74) is 0. The van der Waals surface area contributed by atoms with Gasteiger partial charge in [0.15, 0.2) is 0 Å². The van der Waals surface area contributed by atoms with E-state index in [0.29, 0.717) is 12.6 Å². The van der Waals surface area contributed by atoms with Gasteiger partial charge in [-0.15, -0.1) is 0 Å². The van der Waals surface area contributed by atoms with Crippen LogP contribution in [0, 0.1) is 29.6 Å². The Kier molecular flexibility index (Phi) is 2.97. The molecule has 0 heterocycles. The first kappa shape index (κ1) is 11.0. The van der Waals surface area contributed by atoms with E-state index in [-0.39, 0.29) is 0 Å². The molecule has 92 valence electrons. The van der Waals surface area contributed by atoms with Gasteiger partial charge in [-0.1, -0.05) is 0 Å². The molecule has 4 aliphatic rings. The van der Waals surface area contributed by atoms with Gasteiger partial charge in [-0.3, -0.25) is 0 Å². The summed E-state index contributed by atoms with van der Waals surface area (Å²) in [6, 6.07) is 0.569. The van der Waals surface area contributed by atoms with Crippen molar-refractivity contribution in [3.63, 3.8) is 0 Å². The molecule has 0 spiro atoms. The Bertz CT molecular complexity index is 222. The monoisotopic (exact) mass is 223 g/mol. The summed E-state index contributed by atoms with van der Waals surface area (Å²) < 4.78 is 0. The number of nitrogens with one attached hydrogen (secondary N) is 1. The molecule has 16 heavy (non-hydrogen) atoms. The lowest BCUT2D eigenvalue weighted by Gasteiger charge is -2.56. The van der Waals surface area contributed by atoms with Gasteiger partial charge < -0.3 is 10.4 Å². The van der Waals surface area contributed by atoms with Crippen molar-refractivity contribution in [3.05, 3.63) is 0 Å². The van der Waals surface area contributed by atoms with E-state index in [1.807, 2.05) is 0 Å². The highest BCUT2D eigenvalue weighted by Gasteiger charge is 2.49. The minimum atomic E-state index is 0.342. The highest BCUT2D eigenvalue weighted by Crippen LogP contribution is 2.57. The number of aliphatic hydroxyl groups excluding tert-OH is 1. The van der Waals surface area contributed by atoms with Crippen LogP contribution in [0.1, 0.15) is 38.5 Å². The van der Waals surface area contributed by atoms with Gasteiger partial charge in [0, 0.05) is 12.6 Å². The Labute approximate surface area is 98.8 Å². The van der Waals surface area contributed by atoms with Crippen molar-refractivity contribution in [2.45, 2.75) is 44.6 Å². The zero-order valence-electron chi connectivity index (χ0n) is 10.4. The van der Waals surface area contributed by atoms with Crippen molar-refractivity contribution >= 4 is 0 Å². The Morgan fingerprint density at radius 3 is 2.06 bits per heavy atom. The molecule has 2 nitrogen and oxygen atoms in total. The van der Waals surface area contributed by atoms with Crippen LogP contribution in [-0.2, 0) is 0 Å². The second-order valence-electron chi connectivity index (χ2n) is 6.42. The molecule has 0 radical (unpaired) electrons. The normalized spacial score (nSPS) is 47.2. The SMILES string of the molecule is CNC(CCO)C1C2CC3CC(C2)CC1C3. The molecule has 0 amide bonds. The molecule has 4 rings (SSSR count). The molecule has 0 saturated heterocycles. The lowest BCUT2D eigenvalue weighted by Crippen LogP contribution is -2.52. The largest absolute Gasteiger partial charge is 0.396 e. The van der Waals surface area contributed by atoms with Crippen LogP contribution in [0.4, 0.5) is 0 Å². The number of hydrogen-bond donors (Lipinski definition) is 2. The highest BCUT2D eigenvalue weighted by molar-refractivity contribution is 5.01.